The largest absolute Gasteiger partial charge is 0.493 e. The normalized spacial score (nSPS) is 11.9. The molecule has 1 unspecified atom stereocenters. The van der Waals surface area contributed by atoms with Gasteiger partial charge in [-0.3, -0.25) is 0 Å². The minimum atomic E-state index is -0.153. The van der Waals surface area contributed by atoms with E-state index in [0.717, 1.165) is 53.5 Å². The van der Waals surface area contributed by atoms with Crippen molar-refractivity contribution in [2.24, 2.45) is 0 Å². The highest BCUT2D eigenvalue weighted by Gasteiger charge is 2.18. The Labute approximate surface area is 183 Å². The number of hydrogen-bond donors (Lipinski definition) is 0. The maximum atomic E-state index is 6.16. The summed E-state index contributed by atoms with van der Waals surface area (Å²) in [7, 11) is 1.66. The van der Waals surface area contributed by atoms with Crippen molar-refractivity contribution in [1.82, 2.24) is 9.55 Å². The van der Waals surface area contributed by atoms with Crippen LogP contribution in [0, 0.1) is 0 Å². The molecule has 0 aliphatic carbocycles. The zero-order valence-corrected chi connectivity index (χ0v) is 18.0. The maximum Gasteiger partial charge on any atom is 0.161 e. The molecule has 0 radical (unpaired) electrons. The summed E-state index contributed by atoms with van der Waals surface area (Å²) in [5, 5.41) is 0. The van der Waals surface area contributed by atoms with Crippen LogP contribution in [-0.4, -0.2) is 23.3 Å². The third kappa shape index (κ3) is 5.00. The van der Waals surface area contributed by atoms with E-state index in [1.807, 2.05) is 60.7 Å². The molecule has 0 fully saturated rings. The molecule has 0 bridgehead atoms. The number of unbranched alkanes of at least 4 members (excludes halogenated alkanes) is 1. The van der Waals surface area contributed by atoms with Gasteiger partial charge in [0.15, 0.2) is 23.4 Å². The summed E-state index contributed by atoms with van der Waals surface area (Å²) in [5.41, 5.74) is 2.12. The van der Waals surface area contributed by atoms with Crippen molar-refractivity contribution in [3.63, 3.8) is 0 Å². The first-order valence-corrected chi connectivity index (χ1v) is 10.7. The minimum Gasteiger partial charge on any atom is -0.493 e. The Hall–Kier alpha value is -3.47. The standard InChI is InChI=1S/C26H28N2O3/c1-20(31-21-12-4-3-5-13-21)26-27-22-14-6-7-15-23(22)28(26)18-10-11-19-30-25-17-9-8-16-24(25)29-2/h3-9,12-17,20H,10-11,18-19H2,1-2H3. The fraction of sp³-hybridized carbons (Fsp3) is 0.269. The van der Waals surface area contributed by atoms with Crippen molar-refractivity contribution in [3.8, 4) is 17.2 Å². The molecule has 0 aliphatic heterocycles. The predicted molar refractivity (Wildman–Crippen MR) is 123 cm³/mol. The lowest BCUT2D eigenvalue weighted by atomic mass is 10.2. The summed E-state index contributed by atoms with van der Waals surface area (Å²) < 4.78 is 19.7. The van der Waals surface area contributed by atoms with Gasteiger partial charge in [-0.2, -0.15) is 0 Å². The lowest BCUT2D eigenvalue weighted by Gasteiger charge is -2.17. The van der Waals surface area contributed by atoms with E-state index < -0.39 is 0 Å². The van der Waals surface area contributed by atoms with Gasteiger partial charge >= 0.3 is 0 Å². The van der Waals surface area contributed by atoms with E-state index in [1.54, 1.807) is 7.11 Å². The Morgan fingerprint density at radius 3 is 2.35 bits per heavy atom. The second-order valence-electron chi connectivity index (χ2n) is 7.39. The number of methoxy groups -OCH3 is 1. The SMILES string of the molecule is COc1ccccc1OCCCCn1c(C(C)Oc2ccccc2)nc2ccccc21. The van der Waals surface area contributed by atoms with Gasteiger partial charge in [0.05, 0.1) is 24.8 Å². The monoisotopic (exact) mass is 416 g/mol. The molecule has 0 amide bonds. The molecule has 31 heavy (non-hydrogen) atoms. The Balaban J connectivity index is 1.42. The van der Waals surface area contributed by atoms with E-state index in [0.29, 0.717) is 6.61 Å². The van der Waals surface area contributed by atoms with Crippen LogP contribution in [0.25, 0.3) is 11.0 Å². The average molecular weight is 417 g/mol. The molecule has 1 atom stereocenters. The molecule has 5 heteroatoms. The van der Waals surface area contributed by atoms with Crippen molar-refractivity contribution in [2.45, 2.75) is 32.4 Å². The van der Waals surface area contributed by atoms with Crippen LogP contribution in [-0.2, 0) is 6.54 Å². The van der Waals surface area contributed by atoms with Gasteiger partial charge in [-0.15, -0.1) is 0 Å². The first-order chi connectivity index (χ1) is 15.3. The van der Waals surface area contributed by atoms with E-state index in [9.17, 15) is 0 Å². The summed E-state index contributed by atoms with van der Waals surface area (Å²) in [6, 6.07) is 25.9. The number of imidazole rings is 1. The van der Waals surface area contributed by atoms with Crippen molar-refractivity contribution in [2.75, 3.05) is 13.7 Å². The van der Waals surface area contributed by atoms with Crippen LogP contribution >= 0.6 is 0 Å². The predicted octanol–water partition coefficient (Wildman–Crippen LogP) is 6.04. The molecule has 0 aliphatic rings. The number of aryl methyl sites for hydroxylation is 1. The van der Waals surface area contributed by atoms with E-state index in [2.05, 4.69) is 29.7 Å². The van der Waals surface area contributed by atoms with Crippen LogP contribution in [0.15, 0.2) is 78.9 Å². The first kappa shape index (κ1) is 20.8. The topological polar surface area (TPSA) is 45.5 Å². The molecular formula is C26H28N2O3. The third-order valence-corrected chi connectivity index (χ3v) is 5.21. The number of benzene rings is 3. The van der Waals surface area contributed by atoms with Crippen LogP contribution < -0.4 is 14.2 Å². The van der Waals surface area contributed by atoms with Crippen LogP contribution in [0.4, 0.5) is 0 Å². The fourth-order valence-corrected chi connectivity index (χ4v) is 3.69. The summed E-state index contributed by atoms with van der Waals surface area (Å²) in [4.78, 5) is 4.87. The molecule has 3 aromatic carbocycles. The summed E-state index contributed by atoms with van der Waals surface area (Å²) >= 11 is 0. The van der Waals surface area contributed by atoms with Gasteiger partial charge in [0, 0.05) is 6.54 Å². The van der Waals surface area contributed by atoms with Crippen LogP contribution in [0.2, 0.25) is 0 Å². The van der Waals surface area contributed by atoms with Gasteiger partial charge in [0.2, 0.25) is 0 Å². The van der Waals surface area contributed by atoms with Gasteiger partial charge in [0.1, 0.15) is 5.75 Å². The third-order valence-electron chi connectivity index (χ3n) is 5.21. The van der Waals surface area contributed by atoms with Gasteiger partial charge < -0.3 is 18.8 Å². The average Bonchev–Trinajstić information content (AvgIpc) is 3.18. The molecule has 1 aromatic heterocycles. The van der Waals surface area contributed by atoms with Crippen molar-refractivity contribution < 1.29 is 14.2 Å². The Morgan fingerprint density at radius 2 is 1.55 bits per heavy atom. The maximum absolute atomic E-state index is 6.16. The number of fused-ring (bicyclic) bond motifs is 1. The number of hydrogen-bond acceptors (Lipinski definition) is 4. The van der Waals surface area contributed by atoms with Crippen LogP contribution in [0.3, 0.4) is 0 Å². The Bertz CT molecular complexity index is 1110. The van der Waals surface area contributed by atoms with Gasteiger partial charge in [-0.25, -0.2) is 4.98 Å². The van der Waals surface area contributed by atoms with Gasteiger partial charge in [0.25, 0.3) is 0 Å². The zero-order chi connectivity index (χ0) is 21.5. The molecule has 0 N–H and O–H groups in total. The highest BCUT2D eigenvalue weighted by molar-refractivity contribution is 5.76. The second-order valence-corrected chi connectivity index (χ2v) is 7.39. The first-order valence-electron chi connectivity index (χ1n) is 10.7. The molecule has 0 saturated heterocycles. The second kappa shape index (κ2) is 10.0. The van der Waals surface area contributed by atoms with E-state index in [4.69, 9.17) is 19.2 Å². The zero-order valence-electron chi connectivity index (χ0n) is 18.0. The molecule has 4 rings (SSSR count). The lowest BCUT2D eigenvalue weighted by molar-refractivity contribution is 0.210. The van der Waals surface area contributed by atoms with Crippen LogP contribution in [0.1, 0.15) is 31.7 Å². The molecule has 0 saturated carbocycles. The molecule has 5 nitrogen and oxygen atoms in total. The van der Waals surface area contributed by atoms with Crippen molar-refractivity contribution in [1.29, 1.82) is 0 Å². The smallest absolute Gasteiger partial charge is 0.161 e. The Kier molecular flexibility index (Phi) is 6.72. The highest BCUT2D eigenvalue weighted by atomic mass is 16.5. The highest BCUT2D eigenvalue weighted by Crippen LogP contribution is 2.27. The fourth-order valence-electron chi connectivity index (χ4n) is 3.69. The Morgan fingerprint density at radius 1 is 0.839 bits per heavy atom. The van der Waals surface area contributed by atoms with Gasteiger partial charge in [-0.1, -0.05) is 42.5 Å². The van der Waals surface area contributed by atoms with E-state index in [-0.39, 0.29) is 6.10 Å². The number of nitrogens with zero attached hydrogens (tertiary/aromatic N) is 2. The number of para-hydroxylation sites is 5. The number of rotatable bonds is 10. The van der Waals surface area contributed by atoms with Gasteiger partial charge in [-0.05, 0) is 56.2 Å². The van der Waals surface area contributed by atoms with E-state index >= 15 is 0 Å². The van der Waals surface area contributed by atoms with E-state index in [1.165, 1.54) is 0 Å². The molecule has 0 spiro atoms. The summed E-state index contributed by atoms with van der Waals surface area (Å²) in [6.07, 6.45) is 1.75. The summed E-state index contributed by atoms with van der Waals surface area (Å²) in [6.45, 7) is 3.54. The quantitative estimate of drug-likeness (QED) is 0.296. The molecule has 4 aromatic rings. The van der Waals surface area contributed by atoms with Crippen molar-refractivity contribution >= 4 is 11.0 Å². The summed E-state index contributed by atoms with van der Waals surface area (Å²) in [5.74, 6) is 3.33. The number of aromatic nitrogens is 2. The molecule has 160 valence electrons. The van der Waals surface area contributed by atoms with Crippen LogP contribution in [0.5, 0.6) is 17.2 Å². The minimum absolute atomic E-state index is 0.153. The van der Waals surface area contributed by atoms with Crippen molar-refractivity contribution in [3.05, 3.63) is 84.7 Å². The molecule has 1 heterocycles. The lowest BCUT2D eigenvalue weighted by Crippen LogP contribution is -2.12. The molecular weight excluding hydrogens is 388 g/mol. The number of ether oxygens (including phenoxy) is 3.